The van der Waals surface area contributed by atoms with Crippen LogP contribution >= 0.6 is 0 Å². The molecule has 0 saturated carbocycles. The molecule has 4 atom stereocenters. The predicted molar refractivity (Wildman–Crippen MR) is 94.0 cm³/mol. The van der Waals surface area contributed by atoms with Gasteiger partial charge in [0.25, 0.3) is 5.91 Å². The fourth-order valence-corrected chi connectivity index (χ4v) is 4.64. The van der Waals surface area contributed by atoms with Crippen LogP contribution in [0.5, 0.6) is 0 Å². The molecule has 1 amide bonds. The van der Waals surface area contributed by atoms with Gasteiger partial charge in [0.05, 0.1) is 12.7 Å². The summed E-state index contributed by atoms with van der Waals surface area (Å²) in [5, 5.41) is 0. The van der Waals surface area contributed by atoms with Crippen LogP contribution in [-0.4, -0.2) is 72.8 Å². The van der Waals surface area contributed by atoms with Crippen molar-refractivity contribution >= 4 is 5.91 Å². The smallest absolute Gasteiger partial charge is 0.251 e. The zero-order valence-corrected chi connectivity index (χ0v) is 15.4. The van der Waals surface area contributed by atoms with Crippen molar-refractivity contribution < 1.29 is 14.3 Å². The zero-order chi connectivity index (χ0) is 16.9. The van der Waals surface area contributed by atoms with Crippen molar-refractivity contribution in [3.8, 4) is 0 Å². The molecule has 0 aromatic heterocycles. The highest BCUT2D eigenvalue weighted by Crippen LogP contribution is 2.30. The normalized spacial score (nSPS) is 33.1. The van der Waals surface area contributed by atoms with Gasteiger partial charge in [-0.3, -0.25) is 9.69 Å². The molecule has 5 nitrogen and oxygen atoms in total. The van der Waals surface area contributed by atoms with Crippen LogP contribution in [0.4, 0.5) is 0 Å². The number of carbonyl (C=O) groups excluding carboxylic acids is 1. The summed E-state index contributed by atoms with van der Waals surface area (Å²) in [5.74, 6) is 0.177. The van der Waals surface area contributed by atoms with E-state index in [9.17, 15) is 4.79 Å². The number of nitrogens with zero attached hydrogens (tertiary/aromatic N) is 2. The molecule has 0 N–H and O–H groups in total. The van der Waals surface area contributed by atoms with Crippen molar-refractivity contribution in [2.75, 3.05) is 32.8 Å². The van der Waals surface area contributed by atoms with Gasteiger partial charge in [-0.15, -0.1) is 0 Å². The van der Waals surface area contributed by atoms with E-state index >= 15 is 0 Å². The van der Waals surface area contributed by atoms with Crippen molar-refractivity contribution in [2.24, 2.45) is 0 Å². The zero-order valence-electron chi connectivity index (χ0n) is 15.4. The van der Waals surface area contributed by atoms with Crippen molar-refractivity contribution in [3.63, 3.8) is 0 Å². The quantitative estimate of drug-likeness (QED) is 0.746. The van der Waals surface area contributed by atoms with E-state index in [0.717, 1.165) is 45.4 Å². The Kier molecular flexibility index (Phi) is 6.53. The topological polar surface area (TPSA) is 42.0 Å². The first-order valence-corrected chi connectivity index (χ1v) is 9.98. The Labute approximate surface area is 146 Å². The summed E-state index contributed by atoms with van der Waals surface area (Å²) in [6.07, 6.45) is 8.00. The van der Waals surface area contributed by atoms with Crippen molar-refractivity contribution in [1.82, 2.24) is 9.80 Å². The second-order valence-corrected chi connectivity index (χ2v) is 7.54. The Morgan fingerprint density at radius 3 is 2.67 bits per heavy atom. The third-order valence-corrected chi connectivity index (χ3v) is 6.00. The minimum Gasteiger partial charge on any atom is -0.376 e. The van der Waals surface area contributed by atoms with Gasteiger partial charge < -0.3 is 14.4 Å². The lowest BCUT2D eigenvalue weighted by atomic mass is 10.0. The molecule has 0 radical (unpaired) electrons. The van der Waals surface area contributed by atoms with Gasteiger partial charge in [0, 0.05) is 25.2 Å². The van der Waals surface area contributed by atoms with Crippen LogP contribution in [0.1, 0.15) is 58.8 Å². The van der Waals surface area contributed by atoms with Crippen LogP contribution in [0.3, 0.4) is 0 Å². The Balaban J connectivity index is 1.52. The molecule has 3 rings (SSSR count). The lowest BCUT2D eigenvalue weighted by molar-refractivity contribution is -0.148. The average molecular weight is 338 g/mol. The molecular formula is C19H34N2O3. The summed E-state index contributed by atoms with van der Waals surface area (Å²) in [6.45, 7) is 8.70. The Morgan fingerprint density at radius 2 is 1.92 bits per heavy atom. The van der Waals surface area contributed by atoms with Gasteiger partial charge >= 0.3 is 0 Å². The van der Waals surface area contributed by atoms with Gasteiger partial charge in [0.15, 0.2) is 0 Å². The minimum atomic E-state index is -0.354. The molecule has 3 aliphatic rings. The largest absolute Gasteiger partial charge is 0.376 e. The monoisotopic (exact) mass is 338 g/mol. The van der Waals surface area contributed by atoms with E-state index in [1.807, 2.05) is 6.92 Å². The van der Waals surface area contributed by atoms with E-state index in [1.165, 1.54) is 25.8 Å². The number of likely N-dealkylation sites (tertiary alicyclic amines) is 2. The van der Waals surface area contributed by atoms with Gasteiger partial charge in [0.2, 0.25) is 0 Å². The number of ether oxygens (including phenoxy) is 2. The second kappa shape index (κ2) is 8.63. The standard InChI is InChI=1S/C19H34N2O3/c1-3-20-11-6-9-17(20)18-10-7-12-21(18)19(22)15(2)24-14-16-8-4-5-13-23-16/h15-18H,3-14H2,1-2H3/t15-,16+,17-,18+/m1/s1. The summed E-state index contributed by atoms with van der Waals surface area (Å²) < 4.78 is 11.6. The van der Waals surface area contributed by atoms with Gasteiger partial charge in [-0.25, -0.2) is 0 Å². The molecule has 138 valence electrons. The highest BCUT2D eigenvalue weighted by molar-refractivity contribution is 5.81. The molecule has 3 heterocycles. The molecule has 0 spiro atoms. The van der Waals surface area contributed by atoms with Crippen LogP contribution in [0.15, 0.2) is 0 Å². The van der Waals surface area contributed by atoms with Gasteiger partial charge in [-0.1, -0.05) is 6.92 Å². The average Bonchev–Trinajstić information content (AvgIpc) is 3.27. The Morgan fingerprint density at radius 1 is 1.12 bits per heavy atom. The highest BCUT2D eigenvalue weighted by Gasteiger charge is 2.40. The Bertz CT molecular complexity index is 411. The molecule has 3 fully saturated rings. The lowest BCUT2D eigenvalue weighted by Gasteiger charge is -2.35. The van der Waals surface area contributed by atoms with E-state index < -0.39 is 0 Å². The number of rotatable bonds is 6. The van der Waals surface area contributed by atoms with E-state index in [1.54, 1.807) is 0 Å². The van der Waals surface area contributed by atoms with Crippen LogP contribution in [0, 0.1) is 0 Å². The van der Waals surface area contributed by atoms with Crippen molar-refractivity contribution in [2.45, 2.75) is 83.1 Å². The third kappa shape index (κ3) is 4.12. The maximum atomic E-state index is 12.9. The molecule has 0 bridgehead atoms. The predicted octanol–water partition coefficient (Wildman–Crippen LogP) is 2.44. The van der Waals surface area contributed by atoms with Crippen molar-refractivity contribution in [3.05, 3.63) is 0 Å². The summed E-state index contributed by atoms with van der Waals surface area (Å²) in [7, 11) is 0. The molecule has 0 aromatic rings. The second-order valence-electron chi connectivity index (χ2n) is 7.54. The summed E-state index contributed by atoms with van der Waals surface area (Å²) in [6, 6.07) is 0.937. The molecule has 3 saturated heterocycles. The minimum absolute atomic E-state index is 0.175. The number of hydrogen-bond acceptors (Lipinski definition) is 4. The van der Waals surface area contributed by atoms with Crippen LogP contribution in [-0.2, 0) is 14.3 Å². The number of hydrogen-bond donors (Lipinski definition) is 0. The number of amides is 1. The van der Waals surface area contributed by atoms with E-state index in [4.69, 9.17) is 9.47 Å². The van der Waals surface area contributed by atoms with Crippen molar-refractivity contribution in [1.29, 1.82) is 0 Å². The SMILES string of the molecule is CCN1CCC[C@@H]1[C@@H]1CCCN1C(=O)[C@@H](C)OC[C@@H]1CCCCO1. The maximum absolute atomic E-state index is 12.9. The molecule has 0 aromatic carbocycles. The van der Waals surface area contributed by atoms with E-state index in [0.29, 0.717) is 18.7 Å². The molecular weight excluding hydrogens is 304 g/mol. The highest BCUT2D eigenvalue weighted by atomic mass is 16.5. The molecule has 3 aliphatic heterocycles. The van der Waals surface area contributed by atoms with Gasteiger partial charge in [-0.05, 0) is 65.0 Å². The number of likely N-dealkylation sites (N-methyl/N-ethyl adjacent to an activating group) is 1. The van der Waals surface area contributed by atoms with E-state index in [2.05, 4.69) is 16.7 Å². The van der Waals surface area contributed by atoms with Crippen LogP contribution in [0.2, 0.25) is 0 Å². The first kappa shape index (κ1) is 18.2. The fraction of sp³-hybridized carbons (Fsp3) is 0.947. The van der Waals surface area contributed by atoms with Crippen LogP contribution in [0.25, 0.3) is 0 Å². The summed E-state index contributed by atoms with van der Waals surface area (Å²) in [5.41, 5.74) is 0. The summed E-state index contributed by atoms with van der Waals surface area (Å²) >= 11 is 0. The summed E-state index contributed by atoms with van der Waals surface area (Å²) in [4.78, 5) is 17.6. The van der Waals surface area contributed by atoms with Gasteiger partial charge in [0.1, 0.15) is 6.10 Å². The molecule has 0 unspecified atom stereocenters. The number of carbonyl (C=O) groups is 1. The first-order valence-electron chi connectivity index (χ1n) is 9.98. The molecule has 5 heteroatoms. The van der Waals surface area contributed by atoms with E-state index in [-0.39, 0.29) is 18.1 Å². The van der Waals surface area contributed by atoms with Gasteiger partial charge in [-0.2, -0.15) is 0 Å². The Hall–Kier alpha value is -0.650. The lowest BCUT2D eigenvalue weighted by Crippen LogP contribution is -2.51. The maximum Gasteiger partial charge on any atom is 0.251 e. The molecule has 24 heavy (non-hydrogen) atoms. The fourth-order valence-electron chi connectivity index (χ4n) is 4.64. The molecule has 0 aliphatic carbocycles. The third-order valence-electron chi connectivity index (χ3n) is 6.00. The van der Waals surface area contributed by atoms with Crippen LogP contribution < -0.4 is 0 Å². The first-order chi connectivity index (χ1) is 11.7.